The number of anilines is 1. The number of nitrogens with one attached hydrogen (secondary N) is 2. The average molecular weight is 452 g/mol. The van der Waals surface area contributed by atoms with E-state index in [4.69, 9.17) is 0 Å². The summed E-state index contributed by atoms with van der Waals surface area (Å²) >= 11 is 3.17. The molecule has 0 aliphatic carbocycles. The van der Waals surface area contributed by atoms with Gasteiger partial charge in [-0.05, 0) is 58.3 Å². The minimum Gasteiger partial charge on any atom is -0.346 e. The largest absolute Gasteiger partial charge is 0.346 e. The van der Waals surface area contributed by atoms with Gasteiger partial charge in [0.15, 0.2) is 0 Å². The number of fused-ring (bicyclic) bond motifs is 1. The Bertz CT molecular complexity index is 1050. The first-order valence-corrected chi connectivity index (χ1v) is 12.4. The molecular weight excluding hydrogens is 426 g/mol. The number of thiophene rings is 1. The molecule has 160 valence electrons. The van der Waals surface area contributed by atoms with E-state index >= 15 is 0 Å². The summed E-state index contributed by atoms with van der Waals surface area (Å²) in [5, 5.41) is 9.75. The van der Waals surface area contributed by atoms with E-state index in [0.29, 0.717) is 12.2 Å². The number of para-hydroxylation sites is 1. The first-order chi connectivity index (χ1) is 15.2. The normalized spacial score (nSPS) is 14.5. The van der Waals surface area contributed by atoms with Gasteiger partial charge in [0.25, 0.3) is 0 Å². The number of carbonyl (C=O) groups excluding carboxylic acids is 2. The Kier molecular flexibility index (Phi) is 7.06. The fourth-order valence-corrected chi connectivity index (χ4v) is 5.16. The minimum atomic E-state index is -0.644. The maximum atomic E-state index is 12.6. The summed E-state index contributed by atoms with van der Waals surface area (Å²) in [7, 11) is 0. The van der Waals surface area contributed by atoms with Crippen LogP contribution in [0.15, 0.2) is 70.3 Å². The second-order valence-electron chi connectivity index (χ2n) is 7.43. The molecule has 0 radical (unpaired) electrons. The second kappa shape index (κ2) is 10.1. The molecule has 0 bridgehead atoms. The Morgan fingerprint density at radius 1 is 1.06 bits per heavy atom. The average Bonchev–Trinajstić information content (AvgIpc) is 3.34. The van der Waals surface area contributed by atoms with Crippen molar-refractivity contribution in [1.82, 2.24) is 10.2 Å². The van der Waals surface area contributed by atoms with Gasteiger partial charge in [-0.3, -0.25) is 14.5 Å². The topological polar surface area (TPSA) is 61.4 Å². The lowest BCUT2D eigenvalue weighted by Crippen LogP contribution is -2.43. The predicted molar refractivity (Wildman–Crippen MR) is 127 cm³/mol. The van der Waals surface area contributed by atoms with E-state index in [1.54, 1.807) is 17.4 Å². The molecule has 2 amide bonds. The second-order valence-corrected chi connectivity index (χ2v) is 9.05. The number of amides is 2. The van der Waals surface area contributed by atoms with Crippen LogP contribution >= 0.6 is 23.1 Å². The Balaban J connectivity index is 1.42. The molecule has 1 aliphatic heterocycles. The van der Waals surface area contributed by atoms with Gasteiger partial charge in [-0.15, -0.1) is 11.8 Å². The highest BCUT2D eigenvalue weighted by molar-refractivity contribution is 7.98. The zero-order valence-corrected chi connectivity index (χ0v) is 19.0. The highest BCUT2D eigenvalue weighted by Gasteiger charge is 2.26. The quantitative estimate of drug-likeness (QED) is 0.433. The monoisotopic (exact) mass is 451 g/mol. The minimum absolute atomic E-state index is 0.0230. The van der Waals surface area contributed by atoms with E-state index < -0.39 is 11.8 Å². The zero-order chi connectivity index (χ0) is 21.6. The standard InChI is InChI=1S/C24H25N3O2S2/c1-30-22-9-5-4-8-20(22)26-24(29)23(28)25-14-21(19-11-13-31-16-19)27-12-10-17-6-2-3-7-18(17)15-27/h2-9,11,13,16,21H,10,12,14-15H2,1H3,(H,25,28)(H,26,29). The first kappa shape index (κ1) is 21.6. The summed E-state index contributed by atoms with van der Waals surface area (Å²) in [6, 6.07) is 18.1. The van der Waals surface area contributed by atoms with Gasteiger partial charge in [0.1, 0.15) is 0 Å². The molecule has 0 spiro atoms. The van der Waals surface area contributed by atoms with Crippen LogP contribution < -0.4 is 10.6 Å². The number of hydrogen-bond acceptors (Lipinski definition) is 5. The van der Waals surface area contributed by atoms with Crippen molar-refractivity contribution in [3.63, 3.8) is 0 Å². The Hall–Kier alpha value is -2.61. The molecule has 1 aromatic heterocycles. The summed E-state index contributed by atoms with van der Waals surface area (Å²) < 4.78 is 0. The maximum absolute atomic E-state index is 12.6. The van der Waals surface area contributed by atoms with Crippen LogP contribution in [0.4, 0.5) is 5.69 Å². The lowest BCUT2D eigenvalue weighted by Gasteiger charge is -2.35. The van der Waals surface area contributed by atoms with Gasteiger partial charge in [0.2, 0.25) is 0 Å². The number of carbonyl (C=O) groups is 2. The fourth-order valence-electron chi connectivity index (χ4n) is 3.90. The third kappa shape index (κ3) is 5.18. The number of benzene rings is 2. The molecule has 0 fully saturated rings. The smallest absolute Gasteiger partial charge is 0.313 e. The third-order valence-corrected chi connectivity index (χ3v) is 7.04. The van der Waals surface area contributed by atoms with Crippen molar-refractivity contribution in [2.45, 2.75) is 23.9 Å². The van der Waals surface area contributed by atoms with E-state index in [1.807, 2.05) is 29.8 Å². The molecule has 0 saturated carbocycles. The summed E-state index contributed by atoms with van der Waals surface area (Å²) in [6.45, 7) is 2.13. The molecule has 4 rings (SSSR count). The lowest BCUT2D eigenvalue weighted by molar-refractivity contribution is -0.136. The third-order valence-electron chi connectivity index (χ3n) is 5.55. The van der Waals surface area contributed by atoms with Gasteiger partial charge in [0.05, 0.1) is 11.7 Å². The highest BCUT2D eigenvalue weighted by atomic mass is 32.2. The van der Waals surface area contributed by atoms with Crippen molar-refractivity contribution in [2.24, 2.45) is 0 Å². The van der Waals surface area contributed by atoms with Crippen LogP contribution in [0.5, 0.6) is 0 Å². The fraction of sp³-hybridized carbons (Fsp3) is 0.250. The summed E-state index contributed by atoms with van der Waals surface area (Å²) in [6.07, 6.45) is 2.92. The van der Waals surface area contributed by atoms with Crippen molar-refractivity contribution >= 4 is 40.6 Å². The molecule has 2 N–H and O–H groups in total. The predicted octanol–water partition coefficient (Wildman–Crippen LogP) is 4.32. The van der Waals surface area contributed by atoms with E-state index in [0.717, 1.165) is 30.0 Å². The molecule has 1 aliphatic rings. The molecule has 2 heterocycles. The van der Waals surface area contributed by atoms with Crippen LogP contribution in [0.3, 0.4) is 0 Å². The Labute approximate surface area is 190 Å². The van der Waals surface area contributed by atoms with Gasteiger partial charge in [0, 0.05) is 24.5 Å². The summed E-state index contributed by atoms with van der Waals surface area (Å²) in [5.41, 5.74) is 4.53. The van der Waals surface area contributed by atoms with Crippen molar-refractivity contribution in [1.29, 1.82) is 0 Å². The Morgan fingerprint density at radius 3 is 2.61 bits per heavy atom. The van der Waals surface area contributed by atoms with E-state index in [9.17, 15) is 9.59 Å². The van der Waals surface area contributed by atoms with Crippen molar-refractivity contribution in [3.05, 3.63) is 82.0 Å². The van der Waals surface area contributed by atoms with Gasteiger partial charge >= 0.3 is 11.8 Å². The number of hydrogen-bond donors (Lipinski definition) is 2. The van der Waals surface area contributed by atoms with Gasteiger partial charge in [-0.1, -0.05) is 36.4 Å². The van der Waals surface area contributed by atoms with Crippen LogP contribution in [0, 0.1) is 0 Å². The van der Waals surface area contributed by atoms with E-state index in [-0.39, 0.29) is 6.04 Å². The number of rotatable bonds is 6. The van der Waals surface area contributed by atoms with Crippen molar-refractivity contribution in [2.75, 3.05) is 24.7 Å². The highest BCUT2D eigenvalue weighted by Crippen LogP contribution is 2.29. The Morgan fingerprint density at radius 2 is 1.84 bits per heavy atom. The first-order valence-electron chi connectivity index (χ1n) is 10.2. The molecule has 1 unspecified atom stereocenters. The molecule has 0 saturated heterocycles. The van der Waals surface area contributed by atoms with Crippen LogP contribution in [0.25, 0.3) is 0 Å². The lowest BCUT2D eigenvalue weighted by atomic mass is 9.97. The number of thioether (sulfide) groups is 1. The molecule has 2 aromatic carbocycles. The van der Waals surface area contributed by atoms with Crippen LogP contribution in [0.2, 0.25) is 0 Å². The van der Waals surface area contributed by atoms with E-state index in [1.165, 1.54) is 22.9 Å². The molecule has 3 aromatic rings. The number of nitrogens with zero attached hydrogens (tertiary/aromatic N) is 1. The van der Waals surface area contributed by atoms with Crippen LogP contribution in [-0.2, 0) is 22.6 Å². The maximum Gasteiger partial charge on any atom is 0.313 e. The van der Waals surface area contributed by atoms with Crippen molar-refractivity contribution < 1.29 is 9.59 Å². The van der Waals surface area contributed by atoms with Crippen LogP contribution in [0.1, 0.15) is 22.7 Å². The molecular formula is C24H25N3O2S2. The van der Waals surface area contributed by atoms with Gasteiger partial charge < -0.3 is 10.6 Å². The SMILES string of the molecule is CSc1ccccc1NC(=O)C(=O)NCC(c1ccsc1)N1CCc2ccccc2C1. The van der Waals surface area contributed by atoms with Gasteiger partial charge in [-0.25, -0.2) is 0 Å². The van der Waals surface area contributed by atoms with Crippen molar-refractivity contribution in [3.8, 4) is 0 Å². The molecule has 7 heteroatoms. The molecule has 1 atom stereocenters. The molecule has 31 heavy (non-hydrogen) atoms. The molecule has 5 nitrogen and oxygen atoms in total. The van der Waals surface area contributed by atoms with E-state index in [2.05, 4.69) is 51.2 Å². The summed E-state index contributed by atoms with van der Waals surface area (Å²) in [4.78, 5) is 28.3. The van der Waals surface area contributed by atoms with Gasteiger partial charge in [-0.2, -0.15) is 11.3 Å². The summed E-state index contributed by atoms with van der Waals surface area (Å²) in [5.74, 6) is -1.26. The zero-order valence-electron chi connectivity index (χ0n) is 17.3. The van der Waals surface area contributed by atoms with Crippen LogP contribution in [-0.4, -0.2) is 36.1 Å².